The number of hydrogen-bond donors (Lipinski definition) is 3. The SMILES string of the molecule is CCc1c(-c2ccc3c(c2)cc(CN2C[C@H]4C[C@H](N(C)Cc5ccccc5)C[C@H]4C2)n3C)[nH]c(=O)c(C(=O)O)c1O.Cl. The molecular weight excluding hydrogens is 552 g/mol. The van der Waals surface area contributed by atoms with Crippen molar-refractivity contribution < 1.29 is 15.0 Å². The topological polar surface area (TPSA) is 102 Å². The first kappa shape index (κ1) is 29.9. The maximum Gasteiger partial charge on any atom is 0.345 e. The summed E-state index contributed by atoms with van der Waals surface area (Å²) >= 11 is 0. The molecule has 0 unspecified atom stereocenters. The van der Waals surface area contributed by atoms with Crippen molar-refractivity contribution in [3.8, 4) is 17.0 Å². The minimum absolute atomic E-state index is 0. The minimum atomic E-state index is -1.44. The fraction of sp³-hybridized carbons (Fsp3) is 0.394. The van der Waals surface area contributed by atoms with Gasteiger partial charge >= 0.3 is 5.97 Å². The van der Waals surface area contributed by atoms with Gasteiger partial charge in [-0.2, -0.15) is 0 Å². The lowest BCUT2D eigenvalue weighted by Gasteiger charge is -2.26. The molecule has 1 saturated carbocycles. The Kier molecular flexibility index (Phi) is 8.51. The molecule has 3 atom stereocenters. The Morgan fingerprint density at radius 3 is 2.40 bits per heavy atom. The zero-order valence-electron chi connectivity index (χ0n) is 24.3. The number of nitrogens with one attached hydrogen (secondary N) is 1. The number of hydrogen-bond acceptors (Lipinski definition) is 5. The number of benzene rings is 2. The molecule has 0 spiro atoms. The maximum atomic E-state index is 12.5. The molecule has 42 heavy (non-hydrogen) atoms. The predicted molar refractivity (Wildman–Crippen MR) is 167 cm³/mol. The molecule has 1 saturated heterocycles. The van der Waals surface area contributed by atoms with Gasteiger partial charge in [-0.1, -0.05) is 43.3 Å². The Labute approximate surface area is 252 Å². The van der Waals surface area contributed by atoms with Crippen LogP contribution >= 0.6 is 12.4 Å². The maximum absolute atomic E-state index is 12.5. The Bertz CT molecular complexity index is 1650. The van der Waals surface area contributed by atoms with E-state index in [0.29, 0.717) is 23.7 Å². The average Bonchev–Trinajstić information content (AvgIpc) is 3.60. The van der Waals surface area contributed by atoms with Gasteiger partial charge in [-0.25, -0.2) is 4.79 Å². The highest BCUT2D eigenvalue weighted by Gasteiger charge is 2.42. The molecule has 4 aromatic rings. The van der Waals surface area contributed by atoms with E-state index in [2.05, 4.69) is 69.8 Å². The van der Waals surface area contributed by atoms with E-state index in [1.165, 1.54) is 24.1 Å². The predicted octanol–water partition coefficient (Wildman–Crippen LogP) is 5.26. The van der Waals surface area contributed by atoms with Crippen LogP contribution in [-0.4, -0.2) is 61.7 Å². The number of carboxylic acid groups (broad SMARTS) is 1. The number of H-pyrrole nitrogens is 1. The van der Waals surface area contributed by atoms with Crippen LogP contribution in [0.3, 0.4) is 0 Å². The third-order valence-corrected chi connectivity index (χ3v) is 9.37. The van der Waals surface area contributed by atoms with Crippen molar-refractivity contribution in [1.82, 2.24) is 19.4 Å². The number of fused-ring (bicyclic) bond motifs is 2. The monoisotopic (exact) mass is 590 g/mol. The van der Waals surface area contributed by atoms with Crippen molar-refractivity contribution in [2.75, 3.05) is 20.1 Å². The minimum Gasteiger partial charge on any atom is -0.506 e. The molecule has 0 radical (unpaired) electrons. The van der Waals surface area contributed by atoms with Gasteiger partial charge in [0.2, 0.25) is 0 Å². The number of aromatic amines is 1. The molecule has 8 nitrogen and oxygen atoms in total. The normalized spacial score (nSPS) is 20.2. The van der Waals surface area contributed by atoms with E-state index in [-0.39, 0.29) is 12.4 Å². The standard InChI is InChI=1S/C33H38N4O4.ClH/c1-4-27-30(34-32(39)29(31(27)38)33(40)41)21-10-11-28-22(12-21)13-26(36(28)3)19-37-17-23-14-25(15-24(23)18-37)35(2)16-20-8-6-5-7-9-20;/h5-13,23-25H,4,14-19H2,1-3H3,(H,40,41)(H2,34,38,39);1H/t23-,24+,25+;. The van der Waals surface area contributed by atoms with Crippen molar-refractivity contribution >= 4 is 29.3 Å². The molecule has 222 valence electrons. The number of nitrogens with zero attached hydrogens (tertiary/aromatic N) is 3. The van der Waals surface area contributed by atoms with E-state index >= 15 is 0 Å². The van der Waals surface area contributed by atoms with Crippen LogP contribution in [0.4, 0.5) is 0 Å². The summed E-state index contributed by atoms with van der Waals surface area (Å²) in [5.74, 6) is -0.412. The number of halogens is 1. The third kappa shape index (κ3) is 5.46. The zero-order valence-corrected chi connectivity index (χ0v) is 25.2. The highest BCUT2D eigenvalue weighted by Crippen LogP contribution is 2.41. The van der Waals surface area contributed by atoms with Crippen LogP contribution in [-0.2, 0) is 26.6 Å². The fourth-order valence-corrected chi connectivity index (χ4v) is 7.21. The second kappa shape index (κ2) is 12.0. The zero-order chi connectivity index (χ0) is 28.8. The molecule has 9 heteroatoms. The van der Waals surface area contributed by atoms with Gasteiger partial charge in [0.15, 0.2) is 5.56 Å². The molecular formula is C33H39ClN4O4. The number of carboxylic acids is 1. The highest BCUT2D eigenvalue weighted by molar-refractivity contribution is 5.92. The van der Waals surface area contributed by atoms with Gasteiger partial charge in [0.05, 0.1) is 5.69 Å². The van der Waals surface area contributed by atoms with Gasteiger partial charge in [0.25, 0.3) is 5.56 Å². The molecule has 3 N–H and O–H groups in total. The van der Waals surface area contributed by atoms with E-state index in [4.69, 9.17) is 0 Å². The van der Waals surface area contributed by atoms with Crippen molar-refractivity contribution in [2.24, 2.45) is 18.9 Å². The van der Waals surface area contributed by atoms with E-state index in [0.717, 1.165) is 54.5 Å². The summed E-state index contributed by atoms with van der Waals surface area (Å²) in [6.45, 7) is 5.98. The first-order chi connectivity index (χ1) is 19.7. The Balaban J connectivity index is 0.00000353. The molecule has 0 bridgehead atoms. The van der Waals surface area contributed by atoms with Crippen LogP contribution < -0.4 is 5.56 Å². The number of aromatic hydroxyl groups is 1. The lowest BCUT2D eigenvalue weighted by molar-refractivity contribution is 0.0691. The van der Waals surface area contributed by atoms with Crippen LogP contribution in [0.2, 0.25) is 0 Å². The largest absolute Gasteiger partial charge is 0.506 e. The van der Waals surface area contributed by atoms with E-state index in [1.54, 1.807) is 0 Å². The summed E-state index contributed by atoms with van der Waals surface area (Å²) in [5.41, 5.74) is 3.93. The number of aryl methyl sites for hydroxylation is 1. The number of aromatic nitrogens is 2. The lowest BCUT2D eigenvalue weighted by Crippen LogP contribution is -2.31. The number of aromatic carboxylic acids is 1. The fourth-order valence-electron chi connectivity index (χ4n) is 7.21. The molecule has 1 aliphatic carbocycles. The van der Waals surface area contributed by atoms with Crippen LogP contribution in [0.25, 0.3) is 22.2 Å². The summed E-state index contributed by atoms with van der Waals surface area (Å²) in [6, 6.07) is 19.5. The Morgan fingerprint density at radius 1 is 1.07 bits per heavy atom. The van der Waals surface area contributed by atoms with Crippen molar-refractivity contribution in [1.29, 1.82) is 0 Å². The summed E-state index contributed by atoms with van der Waals surface area (Å²) < 4.78 is 2.23. The summed E-state index contributed by atoms with van der Waals surface area (Å²) in [5, 5.41) is 21.0. The van der Waals surface area contributed by atoms with Crippen molar-refractivity contribution in [2.45, 2.75) is 45.3 Å². The van der Waals surface area contributed by atoms with E-state index < -0.39 is 22.8 Å². The molecule has 1 aliphatic heterocycles. The van der Waals surface area contributed by atoms with Crippen molar-refractivity contribution in [3.05, 3.63) is 87.3 Å². The van der Waals surface area contributed by atoms with E-state index in [1.807, 2.05) is 25.1 Å². The van der Waals surface area contributed by atoms with Crippen LogP contribution in [0, 0.1) is 11.8 Å². The van der Waals surface area contributed by atoms with Gasteiger partial charge in [0.1, 0.15) is 5.75 Å². The summed E-state index contributed by atoms with van der Waals surface area (Å²) in [4.78, 5) is 31.8. The molecule has 2 aromatic heterocycles. The van der Waals surface area contributed by atoms with Crippen molar-refractivity contribution in [3.63, 3.8) is 0 Å². The van der Waals surface area contributed by atoms with Gasteiger partial charge in [-0.15, -0.1) is 12.4 Å². The molecule has 3 heterocycles. The van der Waals surface area contributed by atoms with Gasteiger partial charge in [-0.3, -0.25) is 14.6 Å². The molecule has 2 aliphatic rings. The Hall–Kier alpha value is -3.59. The average molecular weight is 591 g/mol. The molecule has 0 amide bonds. The second-order valence-electron chi connectivity index (χ2n) is 11.9. The molecule has 6 rings (SSSR count). The number of rotatable bonds is 8. The number of carbonyl (C=O) groups is 1. The lowest BCUT2D eigenvalue weighted by atomic mass is 9.99. The first-order valence-electron chi connectivity index (χ1n) is 14.5. The summed E-state index contributed by atoms with van der Waals surface area (Å²) in [6.07, 6.45) is 2.90. The highest BCUT2D eigenvalue weighted by atomic mass is 35.5. The van der Waals surface area contributed by atoms with Crippen LogP contribution in [0.1, 0.15) is 46.9 Å². The number of pyridine rings is 1. The smallest absolute Gasteiger partial charge is 0.345 e. The van der Waals surface area contributed by atoms with Crippen LogP contribution in [0.5, 0.6) is 5.75 Å². The van der Waals surface area contributed by atoms with E-state index in [9.17, 15) is 19.8 Å². The first-order valence-corrected chi connectivity index (χ1v) is 14.5. The third-order valence-electron chi connectivity index (χ3n) is 9.37. The quantitative estimate of drug-likeness (QED) is 0.259. The van der Waals surface area contributed by atoms with Gasteiger partial charge in [-0.05, 0) is 67.5 Å². The van der Waals surface area contributed by atoms with Gasteiger partial charge < -0.3 is 19.8 Å². The second-order valence-corrected chi connectivity index (χ2v) is 11.9. The summed E-state index contributed by atoms with van der Waals surface area (Å²) in [7, 11) is 4.36. The number of likely N-dealkylation sites (tertiary alicyclic amines) is 1. The molecule has 2 fully saturated rings. The molecule has 2 aromatic carbocycles. The van der Waals surface area contributed by atoms with Gasteiger partial charge in [0, 0.05) is 61.4 Å². The Morgan fingerprint density at radius 2 is 1.76 bits per heavy atom. The van der Waals surface area contributed by atoms with Crippen LogP contribution in [0.15, 0.2) is 59.4 Å².